The van der Waals surface area contributed by atoms with E-state index in [0.29, 0.717) is 5.41 Å². The van der Waals surface area contributed by atoms with Gasteiger partial charge in [0.2, 0.25) is 0 Å². The summed E-state index contributed by atoms with van der Waals surface area (Å²) >= 11 is 0. The summed E-state index contributed by atoms with van der Waals surface area (Å²) in [5, 5.41) is 8.09. The van der Waals surface area contributed by atoms with Crippen LogP contribution in [0.25, 0.3) is 0 Å². The van der Waals surface area contributed by atoms with Crippen molar-refractivity contribution in [2.75, 3.05) is 13.1 Å². The summed E-state index contributed by atoms with van der Waals surface area (Å²) in [6.07, 6.45) is 5.57. The van der Waals surface area contributed by atoms with Gasteiger partial charge in [0.15, 0.2) is 0 Å². The second-order valence-electron chi connectivity index (χ2n) is 3.31. The summed E-state index contributed by atoms with van der Waals surface area (Å²) in [7, 11) is 0. The molecule has 1 aliphatic heterocycles. The lowest BCUT2D eigenvalue weighted by Gasteiger charge is -2.17. The molecule has 2 nitrogen and oxygen atoms in total. The molecule has 1 saturated carbocycles. The van der Waals surface area contributed by atoms with Crippen LogP contribution in [-0.2, 0) is 0 Å². The molecule has 2 aliphatic rings. The largest absolute Gasteiger partial charge is 0.194 e. The number of hydrogen-bond donors (Lipinski definition) is 0. The van der Waals surface area contributed by atoms with Gasteiger partial charge in [-0.1, -0.05) is 12.8 Å². The topological polar surface area (TPSA) is 24.7 Å². The zero-order chi connectivity index (χ0) is 6.16. The van der Waals surface area contributed by atoms with Crippen LogP contribution < -0.4 is 0 Å². The van der Waals surface area contributed by atoms with Crippen molar-refractivity contribution in [2.24, 2.45) is 15.6 Å². The summed E-state index contributed by atoms with van der Waals surface area (Å²) in [5.41, 5.74) is 0.556. The monoisotopic (exact) mass is 160 g/mol. The second kappa shape index (κ2) is 2.87. The highest BCUT2D eigenvalue weighted by atomic mass is 35.5. The Bertz CT molecular complexity index is 129. The van der Waals surface area contributed by atoms with Gasteiger partial charge in [0.25, 0.3) is 0 Å². The molecule has 0 radical (unpaired) electrons. The van der Waals surface area contributed by atoms with Gasteiger partial charge >= 0.3 is 0 Å². The van der Waals surface area contributed by atoms with Crippen LogP contribution in [0, 0.1) is 5.41 Å². The standard InChI is InChI=1S/C7H12N2.ClH/c1-2-4-7(3-1)5-8-9-6-7;/h1-6H2;1H. The van der Waals surface area contributed by atoms with Crippen molar-refractivity contribution < 1.29 is 0 Å². The van der Waals surface area contributed by atoms with Gasteiger partial charge in [-0.05, 0) is 12.8 Å². The van der Waals surface area contributed by atoms with Gasteiger partial charge in [-0.15, -0.1) is 12.4 Å². The van der Waals surface area contributed by atoms with Gasteiger partial charge in [-0.3, -0.25) is 0 Å². The minimum absolute atomic E-state index is 0. The molecule has 10 heavy (non-hydrogen) atoms. The molecule has 2 rings (SSSR count). The SMILES string of the molecule is C1CCC2(C1)CN=NC2.Cl. The van der Waals surface area contributed by atoms with E-state index in [-0.39, 0.29) is 12.4 Å². The van der Waals surface area contributed by atoms with E-state index in [2.05, 4.69) is 10.2 Å². The molecule has 1 fully saturated rings. The molecule has 0 atom stereocenters. The fraction of sp³-hybridized carbons (Fsp3) is 1.00. The Kier molecular flexibility index (Phi) is 2.29. The summed E-state index contributed by atoms with van der Waals surface area (Å²) < 4.78 is 0. The fourth-order valence-electron chi connectivity index (χ4n) is 1.89. The van der Waals surface area contributed by atoms with Gasteiger partial charge in [0, 0.05) is 5.41 Å². The van der Waals surface area contributed by atoms with Gasteiger partial charge in [-0.25, -0.2) is 0 Å². The van der Waals surface area contributed by atoms with Crippen molar-refractivity contribution in [2.45, 2.75) is 25.7 Å². The van der Waals surface area contributed by atoms with E-state index in [1.54, 1.807) is 0 Å². The summed E-state index contributed by atoms with van der Waals surface area (Å²) in [6.45, 7) is 2.04. The quantitative estimate of drug-likeness (QED) is 0.520. The first-order valence-corrected chi connectivity index (χ1v) is 3.75. The lowest BCUT2D eigenvalue weighted by molar-refractivity contribution is 0.358. The van der Waals surface area contributed by atoms with Crippen molar-refractivity contribution in [1.29, 1.82) is 0 Å². The Balaban J connectivity index is 0.000000500. The van der Waals surface area contributed by atoms with Gasteiger partial charge < -0.3 is 0 Å². The predicted octanol–water partition coefficient (Wildman–Crippen LogP) is 2.43. The molecule has 0 aromatic carbocycles. The van der Waals surface area contributed by atoms with Crippen LogP contribution in [0.4, 0.5) is 0 Å². The van der Waals surface area contributed by atoms with Crippen molar-refractivity contribution in [3.63, 3.8) is 0 Å². The molecule has 0 bridgehead atoms. The molecule has 0 saturated heterocycles. The Morgan fingerprint density at radius 3 is 1.90 bits per heavy atom. The van der Waals surface area contributed by atoms with E-state index >= 15 is 0 Å². The molecule has 0 aromatic heterocycles. The number of rotatable bonds is 0. The first-order chi connectivity index (χ1) is 4.41. The maximum absolute atomic E-state index is 4.04. The average Bonchev–Trinajstić information content (AvgIpc) is 2.45. The van der Waals surface area contributed by atoms with Crippen molar-refractivity contribution in [1.82, 2.24) is 0 Å². The molecule has 1 spiro atoms. The maximum atomic E-state index is 4.04. The Morgan fingerprint density at radius 2 is 1.40 bits per heavy atom. The Labute approximate surface area is 67.5 Å². The minimum atomic E-state index is 0. The Hall–Kier alpha value is -0.110. The van der Waals surface area contributed by atoms with Crippen LogP contribution in [0.5, 0.6) is 0 Å². The number of halogens is 1. The molecule has 1 heterocycles. The zero-order valence-corrected chi connectivity index (χ0v) is 6.86. The third-order valence-electron chi connectivity index (χ3n) is 2.58. The van der Waals surface area contributed by atoms with Crippen molar-refractivity contribution >= 4 is 12.4 Å². The smallest absolute Gasteiger partial charge is 0.0673 e. The summed E-state index contributed by atoms with van der Waals surface area (Å²) in [6, 6.07) is 0. The van der Waals surface area contributed by atoms with Gasteiger partial charge in [0.1, 0.15) is 0 Å². The Morgan fingerprint density at radius 1 is 0.900 bits per heavy atom. The van der Waals surface area contributed by atoms with Crippen LogP contribution in [0.1, 0.15) is 25.7 Å². The molecule has 0 amide bonds. The highest BCUT2D eigenvalue weighted by molar-refractivity contribution is 5.85. The van der Waals surface area contributed by atoms with Crippen molar-refractivity contribution in [3.8, 4) is 0 Å². The van der Waals surface area contributed by atoms with Gasteiger partial charge in [0.05, 0.1) is 13.1 Å². The highest BCUT2D eigenvalue weighted by Gasteiger charge is 2.36. The molecule has 0 N–H and O–H groups in total. The number of azo groups is 1. The third kappa shape index (κ3) is 1.17. The molecule has 0 unspecified atom stereocenters. The van der Waals surface area contributed by atoms with E-state index < -0.39 is 0 Å². The van der Waals surface area contributed by atoms with E-state index in [1.165, 1.54) is 25.7 Å². The van der Waals surface area contributed by atoms with Crippen LogP contribution in [0.15, 0.2) is 10.2 Å². The molecule has 0 aromatic rings. The summed E-state index contributed by atoms with van der Waals surface area (Å²) in [4.78, 5) is 0. The lowest BCUT2D eigenvalue weighted by atomic mass is 9.88. The van der Waals surface area contributed by atoms with E-state index in [9.17, 15) is 0 Å². The molecular formula is C7H13ClN2. The van der Waals surface area contributed by atoms with E-state index in [1.807, 2.05) is 0 Å². The molecular weight excluding hydrogens is 148 g/mol. The first-order valence-electron chi connectivity index (χ1n) is 3.75. The zero-order valence-electron chi connectivity index (χ0n) is 6.05. The normalized spacial score (nSPS) is 27.2. The molecule has 58 valence electrons. The van der Waals surface area contributed by atoms with Gasteiger partial charge in [-0.2, -0.15) is 10.2 Å². The minimum Gasteiger partial charge on any atom is -0.194 e. The van der Waals surface area contributed by atoms with E-state index in [4.69, 9.17) is 0 Å². The number of hydrogen-bond acceptors (Lipinski definition) is 2. The first kappa shape index (κ1) is 7.99. The highest BCUT2D eigenvalue weighted by Crippen LogP contribution is 2.40. The van der Waals surface area contributed by atoms with Crippen LogP contribution in [0.2, 0.25) is 0 Å². The van der Waals surface area contributed by atoms with Crippen LogP contribution in [-0.4, -0.2) is 13.1 Å². The van der Waals surface area contributed by atoms with Crippen LogP contribution >= 0.6 is 12.4 Å². The molecule has 1 aliphatic carbocycles. The van der Waals surface area contributed by atoms with E-state index in [0.717, 1.165) is 13.1 Å². The number of nitrogens with zero attached hydrogens (tertiary/aromatic N) is 2. The summed E-state index contributed by atoms with van der Waals surface area (Å²) in [5.74, 6) is 0. The predicted molar refractivity (Wildman–Crippen MR) is 42.7 cm³/mol. The molecule has 3 heteroatoms. The lowest BCUT2D eigenvalue weighted by Crippen LogP contribution is -2.19. The average molecular weight is 161 g/mol. The third-order valence-corrected chi connectivity index (χ3v) is 2.58. The fourth-order valence-corrected chi connectivity index (χ4v) is 1.89. The second-order valence-corrected chi connectivity index (χ2v) is 3.31. The maximum Gasteiger partial charge on any atom is 0.0673 e. The van der Waals surface area contributed by atoms with Crippen molar-refractivity contribution in [3.05, 3.63) is 0 Å². The van der Waals surface area contributed by atoms with Crippen LogP contribution in [0.3, 0.4) is 0 Å².